The monoisotopic (exact) mass is 989 g/mol. The molecule has 1 amide bonds. The maximum absolute atomic E-state index is 14.6. The van der Waals surface area contributed by atoms with Crippen LogP contribution in [0.15, 0.2) is 89.5 Å². The van der Waals surface area contributed by atoms with Crippen molar-refractivity contribution in [2.75, 3.05) is 74.1 Å². The molecule has 368 valence electrons. The molecule has 18 heteroatoms. The van der Waals surface area contributed by atoms with Crippen LogP contribution in [-0.2, 0) is 14.8 Å². The van der Waals surface area contributed by atoms with E-state index in [1.165, 1.54) is 28.8 Å². The number of aromatic nitrogens is 2. The first kappa shape index (κ1) is 48.8. The standard InChI is InChI=1S/C52H60ClN9O7S/c1-51(2)18-13-37(42(30-51)35-5-7-38(53)8-6-35)32-59-21-23-60(24-22-59)39-9-11-41(44(28-39)61-20-15-47(52(3,4)33-54)69-50-46(61)27-36-14-19-55-48(36)57-50)49(63)58-70(66,67)40-10-12-43(45(29-40)62(64)65)56-31-34-16-25-68-26-17-34/h5-12,14,19,27-29,34,47,56H,13,15-18,20-26,30-32H2,1-4H3,(H,55,57)(H,58,63). The molecule has 2 aromatic heterocycles. The molecule has 1 aliphatic carbocycles. The van der Waals surface area contributed by atoms with Gasteiger partial charge in [0.25, 0.3) is 21.6 Å². The highest BCUT2D eigenvalue weighted by Gasteiger charge is 2.38. The van der Waals surface area contributed by atoms with E-state index in [9.17, 15) is 28.6 Å². The second-order valence-electron chi connectivity index (χ2n) is 20.3. The van der Waals surface area contributed by atoms with Gasteiger partial charge in [-0.2, -0.15) is 10.2 Å². The number of nitro groups is 1. The van der Waals surface area contributed by atoms with Crippen LogP contribution >= 0.6 is 11.6 Å². The summed E-state index contributed by atoms with van der Waals surface area (Å²) in [6.07, 6.45) is 6.33. The Hall–Kier alpha value is -6.19. The third-order valence-electron chi connectivity index (χ3n) is 14.4. The summed E-state index contributed by atoms with van der Waals surface area (Å²) in [4.78, 5) is 40.5. The Morgan fingerprint density at radius 2 is 1.76 bits per heavy atom. The van der Waals surface area contributed by atoms with E-state index in [-0.39, 0.29) is 28.5 Å². The van der Waals surface area contributed by atoms with Crippen LogP contribution in [-0.4, -0.2) is 99.2 Å². The average molecular weight is 991 g/mol. The minimum Gasteiger partial charge on any atom is -0.471 e. The summed E-state index contributed by atoms with van der Waals surface area (Å²) in [5.74, 6) is -0.410. The third-order valence-corrected chi connectivity index (χ3v) is 16.0. The van der Waals surface area contributed by atoms with Crippen molar-refractivity contribution in [2.45, 2.75) is 77.2 Å². The molecule has 2 fully saturated rings. The SMILES string of the molecule is CC1(C)CCC(CN2CCN(c3ccc(C(=O)NS(=O)(=O)c4ccc(NCC5CCOCC5)c([N+](=O)[O-])c4)c(N4CCC(C(C)(C)C#N)Oc5nc6[nH]ccc6cc54)c3)CC2)=C(c2ccc(Cl)cc2)C1. The second kappa shape index (κ2) is 19.9. The lowest BCUT2D eigenvalue weighted by Crippen LogP contribution is -2.47. The zero-order valence-electron chi connectivity index (χ0n) is 40.1. The topological polar surface area (TPSA) is 199 Å². The van der Waals surface area contributed by atoms with Crippen LogP contribution in [0.25, 0.3) is 16.6 Å². The summed E-state index contributed by atoms with van der Waals surface area (Å²) >= 11 is 6.29. The first-order valence-electron chi connectivity index (χ1n) is 24.1. The van der Waals surface area contributed by atoms with Gasteiger partial charge in [0.2, 0.25) is 5.88 Å². The van der Waals surface area contributed by atoms with Gasteiger partial charge in [-0.1, -0.05) is 43.2 Å². The lowest BCUT2D eigenvalue weighted by atomic mass is 9.72. The van der Waals surface area contributed by atoms with Crippen molar-refractivity contribution in [1.82, 2.24) is 19.6 Å². The molecule has 1 atom stereocenters. The summed E-state index contributed by atoms with van der Waals surface area (Å²) in [5, 5.41) is 27.1. The van der Waals surface area contributed by atoms with Crippen LogP contribution in [0.4, 0.5) is 28.4 Å². The highest BCUT2D eigenvalue weighted by atomic mass is 35.5. The summed E-state index contributed by atoms with van der Waals surface area (Å²) in [7, 11) is -4.63. The van der Waals surface area contributed by atoms with E-state index in [0.717, 1.165) is 73.9 Å². The van der Waals surface area contributed by atoms with Crippen molar-refractivity contribution in [3.63, 3.8) is 0 Å². The molecule has 3 N–H and O–H groups in total. The Bertz CT molecular complexity index is 2970. The molecule has 9 rings (SSSR count). The van der Waals surface area contributed by atoms with Gasteiger partial charge < -0.3 is 29.6 Å². The number of nitrogens with zero attached hydrogens (tertiary/aromatic N) is 6. The van der Waals surface area contributed by atoms with Gasteiger partial charge in [0.15, 0.2) is 0 Å². The number of fused-ring (bicyclic) bond motifs is 2. The number of amides is 1. The predicted molar refractivity (Wildman–Crippen MR) is 272 cm³/mol. The van der Waals surface area contributed by atoms with Crippen molar-refractivity contribution in [1.29, 1.82) is 5.26 Å². The molecular weight excluding hydrogens is 930 g/mol. The van der Waals surface area contributed by atoms with E-state index in [1.807, 2.05) is 55.1 Å². The highest BCUT2D eigenvalue weighted by molar-refractivity contribution is 7.90. The largest absolute Gasteiger partial charge is 0.471 e. The number of pyridine rings is 1. The van der Waals surface area contributed by atoms with Gasteiger partial charge in [-0.05, 0) is 123 Å². The van der Waals surface area contributed by atoms with Crippen LogP contribution in [0.2, 0.25) is 5.02 Å². The van der Waals surface area contributed by atoms with Gasteiger partial charge >= 0.3 is 0 Å². The van der Waals surface area contributed by atoms with Gasteiger partial charge in [0.05, 0.1) is 32.6 Å². The third kappa shape index (κ3) is 10.6. The molecule has 0 radical (unpaired) electrons. The molecule has 3 aromatic carbocycles. The number of sulfonamides is 1. The number of allylic oxidation sites excluding steroid dienone is 1. The Labute approximate surface area is 414 Å². The summed E-state index contributed by atoms with van der Waals surface area (Å²) in [6, 6.07) is 23.3. The number of nitro benzene ring substituents is 1. The van der Waals surface area contributed by atoms with E-state index in [4.69, 9.17) is 26.1 Å². The number of hydrogen-bond acceptors (Lipinski definition) is 13. The number of H-pyrrole nitrogens is 1. The summed E-state index contributed by atoms with van der Waals surface area (Å²) in [5.41, 5.74) is 5.56. The number of rotatable bonds is 13. The molecule has 5 aromatic rings. The van der Waals surface area contributed by atoms with Gasteiger partial charge in [-0.15, -0.1) is 0 Å². The van der Waals surface area contributed by atoms with Crippen molar-refractivity contribution < 1.29 is 27.6 Å². The van der Waals surface area contributed by atoms with Crippen molar-refractivity contribution in [3.8, 4) is 11.9 Å². The Balaban J connectivity index is 1.03. The molecule has 2 saturated heterocycles. The Morgan fingerprint density at radius 1 is 1.00 bits per heavy atom. The van der Waals surface area contributed by atoms with Crippen molar-refractivity contribution in [3.05, 3.63) is 111 Å². The fourth-order valence-electron chi connectivity index (χ4n) is 10.1. The molecule has 0 saturated carbocycles. The maximum atomic E-state index is 14.6. The molecule has 1 unspecified atom stereocenters. The number of nitriles is 1. The minimum absolute atomic E-state index is 0.0511. The van der Waals surface area contributed by atoms with E-state index < -0.39 is 43.0 Å². The normalized spacial score (nSPS) is 19.2. The quantitative estimate of drug-likeness (QED) is 0.0745. The summed E-state index contributed by atoms with van der Waals surface area (Å²) in [6.45, 7) is 14.2. The number of aromatic amines is 1. The van der Waals surface area contributed by atoms with E-state index in [2.05, 4.69) is 56.9 Å². The molecule has 4 aliphatic rings. The average Bonchev–Trinajstić information content (AvgIpc) is 3.72. The number of nitrogens with one attached hydrogen (secondary N) is 3. The highest BCUT2D eigenvalue weighted by Crippen LogP contribution is 2.45. The van der Waals surface area contributed by atoms with Crippen LogP contribution in [0.3, 0.4) is 0 Å². The van der Waals surface area contributed by atoms with Gasteiger partial charge in [0.1, 0.15) is 23.1 Å². The number of carbonyl (C=O) groups excluding carboxylic acids is 1. The predicted octanol–water partition coefficient (Wildman–Crippen LogP) is 9.71. The van der Waals surface area contributed by atoms with E-state index in [0.29, 0.717) is 62.8 Å². The number of carbonyl (C=O) groups is 1. The van der Waals surface area contributed by atoms with E-state index >= 15 is 0 Å². The lowest BCUT2D eigenvalue weighted by molar-refractivity contribution is -0.384. The molecule has 3 aliphatic heterocycles. The molecule has 0 spiro atoms. The zero-order valence-corrected chi connectivity index (χ0v) is 41.7. The maximum Gasteiger partial charge on any atom is 0.293 e. The van der Waals surface area contributed by atoms with Crippen LogP contribution in [0, 0.1) is 38.2 Å². The van der Waals surface area contributed by atoms with Gasteiger partial charge in [-0.25, -0.2) is 13.1 Å². The first-order chi connectivity index (χ1) is 33.5. The second-order valence-corrected chi connectivity index (χ2v) is 22.4. The molecule has 70 heavy (non-hydrogen) atoms. The molecule has 5 heterocycles. The van der Waals surface area contributed by atoms with Crippen LogP contribution in [0.5, 0.6) is 5.88 Å². The van der Waals surface area contributed by atoms with Gasteiger partial charge in [-0.3, -0.25) is 19.8 Å². The lowest BCUT2D eigenvalue weighted by Gasteiger charge is -2.39. The molecular formula is C52H60ClN9O7S. The zero-order chi connectivity index (χ0) is 49.4. The van der Waals surface area contributed by atoms with Crippen LogP contribution < -0.4 is 24.6 Å². The Morgan fingerprint density at radius 3 is 2.49 bits per heavy atom. The number of hydrogen-bond donors (Lipinski definition) is 3. The first-order valence-corrected chi connectivity index (χ1v) is 25.9. The number of anilines is 4. The molecule has 0 bridgehead atoms. The number of ether oxygens (including phenoxy) is 2. The fourth-order valence-corrected chi connectivity index (χ4v) is 11.2. The Kier molecular flexibility index (Phi) is 13.9. The van der Waals surface area contributed by atoms with E-state index in [1.54, 1.807) is 12.3 Å². The van der Waals surface area contributed by atoms with Crippen molar-refractivity contribution >= 4 is 72.6 Å². The van der Waals surface area contributed by atoms with Crippen molar-refractivity contribution in [2.24, 2.45) is 16.7 Å². The number of halogens is 1. The molecule has 16 nitrogen and oxygen atoms in total. The number of piperazine rings is 1. The smallest absolute Gasteiger partial charge is 0.293 e. The van der Waals surface area contributed by atoms with Crippen LogP contribution in [0.1, 0.15) is 82.1 Å². The number of benzene rings is 3. The fraction of sp³-hybridized carbons (Fsp3) is 0.442. The van der Waals surface area contributed by atoms with Gasteiger partial charge in [0, 0.05) is 93.8 Å². The minimum atomic E-state index is -4.63. The summed E-state index contributed by atoms with van der Waals surface area (Å²) < 4.78 is 42.4.